The van der Waals surface area contributed by atoms with E-state index in [1.165, 1.54) is 0 Å². The van der Waals surface area contributed by atoms with E-state index in [4.69, 9.17) is 4.74 Å². The molecule has 0 aliphatic heterocycles. The highest BCUT2D eigenvalue weighted by Gasteiger charge is 1.91. The van der Waals surface area contributed by atoms with E-state index in [9.17, 15) is 0 Å². The molecule has 0 amide bonds. The number of hydrogen-bond donors (Lipinski definition) is 0. The second-order valence-corrected chi connectivity index (χ2v) is 2.05. The third-order valence-electron chi connectivity index (χ3n) is 1.27. The predicted molar refractivity (Wildman–Crippen MR) is 45.5 cm³/mol. The van der Waals surface area contributed by atoms with Crippen molar-refractivity contribution in [1.29, 1.82) is 0 Å². The van der Waals surface area contributed by atoms with E-state index in [0.29, 0.717) is 6.61 Å². The fraction of sp³-hybridized carbons (Fsp3) is 0.222. The molecule has 0 fully saturated rings. The van der Waals surface area contributed by atoms with Gasteiger partial charge in [-0.3, -0.25) is 4.98 Å². The van der Waals surface area contributed by atoms with Crippen LogP contribution in [-0.2, 0) is 0 Å². The molecule has 0 aliphatic carbocycles. The standard InChI is InChI=1S/C9H11NO/c1-3-8-7-9(11-4-2)5-6-10-8/h3,5-7H,1,4H2,2H3. The Morgan fingerprint density at radius 2 is 2.55 bits per heavy atom. The van der Waals surface area contributed by atoms with Crippen LogP contribution >= 0.6 is 0 Å². The summed E-state index contributed by atoms with van der Waals surface area (Å²) in [7, 11) is 0. The van der Waals surface area contributed by atoms with Crippen LogP contribution in [0.2, 0.25) is 0 Å². The molecule has 2 heteroatoms. The Kier molecular flexibility index (Phi) is 2.66. The lowest BCUT2D eigenvalue weighted by atomic mass is 10.3. The van der Waals surface area contributed by atoms with E-state index in [1.54, 1.807) is 12.3 Å². The highest BCUT2D eigenvalue weighted by Crippen LogP contribution is 2.10. The van der Waals surface area contributed by atoms with Crippen molar-refractivity contribution in [2.75, 3.05) is 6.61 Å². The maximum atomic E-state index is 5.26. The van der Waals surface area contributed by atoms with Gasteiger partial charge in [-0.05, 0) is 19.1 Å². The Labute approximate surface area is 66.5 Å². The van der Waals surface area contributed by atoms with Crippen LogP contribution in [0, 0.1) is 0 Å². The van der Waals surface area contributed by atoms with Crippen LogP contribution in [0.5, 0.6) is 5.75 Å². The molecule has 1 aromatic rings. The fourth-order valence-corrected chi connectivity index (χ4v) is 0.796. The Balaban J connectivity index is 2.82. The number of aromatic nitrogens is 1. The number of rotatable bonds is 3. The first-order valence-corrected chi connectivity index (χ1v) is 3.58. The maximum absolute atomic E-state index is 5.26. The van der Waals surface area contributed by atoms with E-state index in [-0.39, 0.29) is 0 Å². The van der Waals surface area contributed by atoms with Crippen molar-refractivity contribution >= 4 is 6.08 Å². The van der Waals surface area contributed by atoms with Gasteiger partial charge in [-0.25, -0.2) is 0 Å². The topological polar surface area (TPSA) is 22.1 Å². The molecule has 0 saturated carbocycles. The quantitative estimate of drug-likeness (QED) is 0.656. The lowest BCUT2D eigenvalue weighted by molar-refractivity contribution is 0.340. The second kappa shape index (κ2) is 3.76. The smallest absolute Gasteiger partial charge is 0.122 e. The minimum atomic E-state index is 0.681. The van der Waals surface area contributed by atoms with Crippen LogP contribution in [-0.4, -0.2) is 11.6 Å². The number of hydrogen-bond acceptors (Lipinski definition) is 2. The first-order valence-electron chi connectivity index (χ1n) is 3.58. The van der Waals surface area contributed by atoms with Crippen LogP contribution < -0.4 is 4.74 Å². The van der Waals surface area contributed by atoms with Crippen molar-refractivity contribution < 1.29 is 4.74 Å². The summed E-state index contributed by atoms with van der Waals surface area (Å²) in [6.07, 6.45) is 3.41. The van der Waals surface area contributed by atoms with Crippen molar-refractivity contribution in [3.63, 3.8) is 0 Å². The first-order chi connectivity index (χ1) is 5.36. The van der Waals surface area contributed by atoms with E-state index < -0.39 is 0 Å². The van der Waals surface area contributed by atoms with Gasteiger partial charge in [0.15, 0.2) is 0 Å². The van der Waals surface area contributed by atoms with Gasteiger partial charge in [0.2, 0.25) is 0 Å². The Hall–Kier alpha value is -1.31. The summed E-state index contributed by atoms with van der Waals surface area (Å²) < 4.78 is 5.26. The lowest BCUT2D eigenvalue weighted by Gasteiger charge is -2.01. The largest absolute Gasteiger partial charge is 0.494 e. The monoisotopic (exact) mass is 149 g/mol. The molecule has 1 heterocycles. The van der Waals surface area contributed by atoms with Gasteiger partial charge >= 0.3 is 0 Å². The maximum Gasteiger partial charge on any atom is 0.122 e. The highest BCUT2D eigenvalue weighted by atomic mass is 16.5. The minimum absolute atomic E-state index is 0.681. The van der Waals surface area contributed by atoms with Gasteiger partial charge in [-0.1, -0.05) is 6.58 Å². The molecule has 0 N–H and O–H groups in total. The molecule has 58 valence electrons. The van der Waals surface area contributed by atoms with Crippen LogP contribution in [0.15, 0.2) is 24.9 Å². The molecule has 0 unspecified atom stereocenters. The van der Waals surface area contributed by atoms with Crippen molar-refractivity contribution in [1.82, 2.24) is 4.98 Å². The summed E-state index contributed by atoms with van der Waals surface area (Å²) in [4.78, 5) is 4.04. The summed E-state index contributed by atoms with van der Waals surface area (Å²) >= 11 is 0. The third kappa shape index (κ3) is 2.08. The van der Waals surface area contributed by atoms with Crippen molar-refractivity contribution in [2.45, 2.75) is 6.92 Å². The Bertz CT molecular complexity index is 245. The summed E-state index contributed by atoms with van der Waals surface area (Å²) in [6.45, 7) is 6.25. The van der Waals surface area contributed by atoms with Gasteiger partial charge in [0, 0.05) is 12.3 Å². The molecule has 0 bridgehead atoms. The van der Waals surface area contributed by atoms with Crippen LogP contribution in [0.3, 0.4) is 0 Å². The molecule has 0 aliphatic rings. The zero-order valence-corrected chi connectivity index (χ0v) is 6.58. The van der Waals surface area contributed by atoms with Gasteiger partial charge in [-0.15, -0.1) is 0 Å². The van der Waals surface area contributed by atoms with E-state index in [2.05, 4.69) is 11.6 Å². The second-order valence-electron chi connectivity index (χ2n) is 2.05. The van der Waals surface area contributed by atoms with Crippen molar-refractivity contribution in [3.8, 4) is 5.75 Å². The zero-order chi connectivity index (χ0) is 8.10. The first kappa shape index (κ1) is 7.79. The molecule has 0 atom stereocenters. The molecule has 0 spiro atoms. The van der Waals surface area contributed by atoms with Crippen LogP contribution in [0.1, 0.15) is 12.6 Å². The molecule has 0 saturated heterocycles. The Morgan fingerprint density at radius 1 is 1.73 bits per heavy atom. The summed E-state index contributed by atoms with van der Waals surface area (Å²) in [5.41, 5.74) is 0.843. The summed E-state index contributed by atoms with van der Waals surface area (Å²) in [5.74, 6) is 0.845. The number of ether oxygens (including phenoxy) is 1. The molecule has 0 aromatic carbocycles. The number of nitrogens with zero attached hydrogens (tertiary/aromatic N) is 1. The molecule has 1 rings (SSSR count). The fourth-order valence-electron chi connectivity index (χ4n) is 0.796. The lowest BCUT2D eigenvalue weighted by Crippen LogP contribution is -1.91. The van der Waals surface area contributed by atoms with Gasteiger partial charge in [0.1, 0.15) is 5.75 Å². The SMILES string of the molecule is C=Cc1cc(OCC)ccn1. The normalized spacial score (nSPS) is 9.18. The van der Waals surface area contributed by atoms with E-state index in [1.807, 2.05) is 19.1 Å². The highest BCUT2D eigenvalue weighted by molar-refractivity contribution is 5.44. The molecule has 11 heavy (non-hydrogen) atoms. The van der Waals surface area contributed by atoms with Crippen LogP contribution in [0.4, 0.5) is 0 Å². The van der Waals surface area contributed by atoms with Crippen molar-refractivity contribution in [3.05, 3.63) is 30.6 Å². The van der Waals surface area contributed by atoms with Gasteiger partial charge in [0.05, 0.1) is 12.3 Å². The third-order valence-corrected chi connectivity index (χ3v) is 1.27. The predicted octanol–water partition coefficient (Wildman–Crippen LogP) is 2.12. The molecule has 0 radical (unpaired) electrons. The molecular formula is C9H11NO. The van der Waals surface area contributed by atoms with E-state index in [0.717, 1.165) is 11.4 Å². The van der Waals surface area contributed by atoms with Gasteiger partial charge in [-0.2, -0.15) is 0 Å². The van der Waals surface area contributed by atoms with Gasteiger partial charge < -0.3 is 4.74 Å². The summed E-state index contributed by atoms with van der Waals surface area (Å²) in [5, 5.41) is 0. The van der Waals surface area contributed by atoms with Crippen molar-refractivity contribution in [2.24, 2.45) is 0 Å². The summed E-state index contributed by atoms with van der Waals surface area (Å²) in [6, 6.07) is 3.69. The molecule has 2 nitrogen and oxygen atoms in total. The van der Waals surface area contributed by atoms with Gasteiger partial charge in [0.25, 0.3) is 0 Å². The Morgan fingerprint density at radius 3 is 3.18 bits per heavy atom. The number of pyridine rings is 1. The van der Waals surface area contributed by atoms with Crippen LogP contribution in [0.25, 0.3) is 6.08 Å². The minimum Gasteiger partial charge on any atom is -0.494 e. The average molecular weight is 149 g/mol. The molecular weight excluding hydrogens is 138 g/mol. The molecule has 1 aromatic heterocycles. The van der Waals surface area contributed by atoms with E-state index >= 15 is 0 Å². The average Bonchev–Trinajstić information content (AvgIpc) is 2.06. The zero-order valence-electron chi connectivity index (χ0n) is 6.58.